The molecule has 1 fully saturated rings. The summed E-state index contributed by atoms with van der Waals surface area (Å²) in [5, 5.41) is 3.63. The minimum atomic E-state index is -0.614. The predicted octanol–water partition coefficient (Wildman–Crippen LogP) is 2.90. The largest absolute Gasteiger partial charge is 0.317 e. The summed E-state index contributed by atoms with van der Waals surface area (Å²) < 4.78 is 0. The molecule has 1 aromatic heterocycles. The van der Waals surface area contributed by atoms with E-state index in [1.165, 1.54) is 29.8 Å². The number of aryl methyl sites for hydroxylation is 1. The van der Waals surface area contributed by atoms with Crippen LogP contribution in [0, 0.1) is 5.92 Å². The van der Waals surface area contributed by atoms with Crippen LogP contribution in [-0.2, 0) is 17.6 Å². The van der Waals surface area contributed by atoms with Crippen molar-refractivity contribution in [3.05, 3.63) is 10.6 Å². The van der Waals surface area contributed by atoms with Crippen molar-refractivity contribution < 1.29 is 4.79 Å². The average Bonchev–Trinajstić information content (AvgIpc) is 3.01. The summed E-state index contributed by atoms with van der Waals surface area (Å²) in [6, 6.07) is 0. The number of carbonyl (C=O) groups is 1. The number of hydrogen-bond acceptors (Lipinski definition) is 4. The summed E-state index contributed by atoms with van der Waals surface area (Å²) in [5.74, 6) is 0.731. The zero-order chi connectivity index (χ0) is 13.5. The molecular formula is C14H22ClN3OS. The van der Waals surface area contributed by atoms with E-state index in [2.05, 4.69) is 17.2 Å². The Bertz CT molecular complexity index is 499. The summed E-state index contributed by atoms with van der Waals surface area (Å²) in [7, 11) is 0. The fraction of sp³-hybridized carbons (Fsp3) is 0.714. The Morgan fingerprint density at radius 1 is 1.55 bits per heavy atom. The maximum Gasteiger partial charge on any atom is 0.246 e. The van der Waals surface area contributed by atoms with Crippen LogP contribution in [0.15, 0.2) is 0 Å². The third-order valence-corrected chi connectivity index (χ3v) is 5.24. The minimum absolute atomic E-state index is 0. The van der Waals surface area contributed by atoms with E-state index in [0.717, 1.165) is 36.7 Å². The van der Waals surface area contributed by atoms with Gasteiger partial charge in [0, 0.05) is 4.88 Å². The molecule has 3 rings (SSSR count). The number of aromatic nitrogens is 1. The molecule has 4 nitrogen and oxygen atoms in total. The van der Waals surface area contributed by atoms with Crippen molar-refractivity contribution in [2.75, 3.05) is 5.32 Å². The first-order valence-corrected chi connectivity index (χ1v) is 8.01. The van der Waals surface area contributed by atoms with Gasteiger partial charge in [0.05, 0.1) is 11.2 Å². The number of thiazole rings is 1. The van der Waals surface area contributed by atoms with Gasteiger partial charge in [-0.25, -0.2) is 4.98 Å². The Morgan fingerprint density at radius 3 is 2.95 bits per heavy atom. The van der Waals surface area contributed by atoms with Crippen LogP contribution in [0.4, 0.5) is 5.13 Å². The lowest BCUT2D eigenvalue weighted by Gasteiger charge is -2.19. The number of anilines is 1. The molecule has 2 aliphatic rings. The van der Waals surface area contributed by atoms with E-state index in [1.54, 1.807) is 11.3 Å². The molecule has 1 saturated carbocycles. The molecule has 0 spiro atoms. The second-order valence-electron chi connectivity index (χ2n) is 5.90. The summed E-state index contributed by atoms with van der Waals surface area (Å²) in [6.07, 6.45) is 7.55. The predicted molar refractivity (Wildman–Crippen MR) is 84.6 cm³/mol. The van der Waals surface area contributed by atoms with E-state index in [9.17, 15) is 4.79 Å². The number of hydrogen-bond donors (Lipinski definition) is 2. The van der Waals surface area contributed by atoms with Gasteiger partial charge in [0.2, 0.25) is 5.91 Å². The van der Waals surface area contributed by atoms with Crippen LogP contribution in [0.5, 0.6) is 0 Å². The molecule has 112 valence electrons. The molecule has 1 unspecified atom stereocenters. The fourth-order valence-electron chi connectivity index (χ4n) is 2.73. The average molecular weight is 316 g/mol. The summed E-state index contributed by atoms with van der Waals surface area (Å²) in [6.45, 7) is 2.24. The van der Waals surface area contributed by atoms with Gasteiger partial charge in [-0.05, 0) is 38.0 Å². The molecule has 2 aliphatic carbocycles. The summed E-state index contributed by atoms with van der Waals surface area (Å²) >= 11 is 1.64. The van der Waals surface area contributed by atoms with Crippen molar-refractivity contribution in [3.63, 3.8) is 0 Å². The van der Waals surface area contributed by atoms with Gasteiger partial charge in [-0.15, -0.1) is 23.7 Å². The standard InChI is InChI=1S/C14H21N3OS.ClH/c1-2-3-9-4-5-10-11(8-9)19-13(16-10)17-12(18)14(15)6-7-14;/h9H,2-8,15H2,1H3,(H,16,17,18);1H. The van der Waals surface area contributed by atoms with Gasteiger partial charge in [0.25, 0.3) is 0 Å². The van der Waals surface area contributed by atoms with Gasteiger partial charge in [-0.1, -0.05) is 19.8 Å². The van der Waals surface area contributed by atoms with E-state index in [1.807, 2.05) is 0 Å². The molecular weight excluding hydrogens is 294 g/mol. The lowest BCUT2D eigenvalue weighted by molar-refractivity contribution is -0.118. The number of halogens is 1. The van der Waals surface area contributed by atoms with Crippen LogP contribution in [0.25, 0.3) is 0 Å². The monoisotopic (exact) mass is 315 g/mol. The van der Waals surface area contributed by atoms with Crippen LogP contribution in [-0.4, -0.2) is 16.4 Å². The Labute approximate surface area is 129 Å². The first-order valence-electron chi connectivity index (χ1n) is 7.19. The number of nitrogens with two attached hydrogens (primary N) is 1. The topological polar surface area (TPSA) is 68.0 Å². The summed E-state index contributed by atoms with van der Waals surface area (Å²) in [5.41, 5.74) is 6.46. The molecule has 0 saturated heterocycles. The Hall–Kier alpha value is -0.650. The van der Waals surface area contributed by atoms with Crippen LogP contribution in [0.3, 0.4) is 0 Å². The van der Waals surface area contributed by atoms with E-state index in [4.69, 9.17) is 5.73 Å². The van der Waals surface area contributed by atoms with Crippen LogP contribution in [0.1, 0.15) is 49.6 Å². The molecule has 1 atom stereocenters. The van der Waals surface area contributed by atoms with Crippen molar-refractivity contribution in [2.24, 2.45) is 11.7 Å². The third-order valence-electron chi connectivity index (χ3n) is 4.20. The highest BCUT2D eigenvalue weighted by molar-refractivity contribution is 7.15. The highest BCUT2D eigenvalue weighted by Crippen LogP contribution is 2.36. The van der Waals surface area contributed by atoms with Gasteiger partial charge in [-0.2, -0.15) is 0 Å². The minimum Gasteiger partial charge on any atom is -0.317 e. The molecule has 0 bridgehead atoms. The van der Waals surface area contributed by atoms with Gasteiger partial charge in [0.1, 0.15) is 0 Å². The zero-order valence-corrected chi connectivity index (χ0v) is 13.4. The van der Waals surface area contributed by atoms with E-state index >= 15 is 0 Å². The van der Waals surface area contributed by atoms with Gasteiger partial charge in [-0.3, -0.25) is 4.79 Å². The molecule has 1 heterocycles. The van der Waals surface area contributed by atoms with Crippen LogP contribution in [0.2, 0.25) is 0 Å². The first kappa shape index (κ1) is 15.7. The molecule has 0 aliphatic heterocycles. The lowest BCUT2D eigenvalue weighted by atomic mass is 9.88. The first-order chi connectivity index (χ1) is 9.10. The Kier molecular flexibility index (Phi) is 4.72. The number of nitrogens with one attached hydrogen (secondary N) is 1. The molecule has 6 heteroatoms. The van der Waals surface area contributed by atoms with Crippen LogP contribution >= 0.6 is 23.7 Å². The van der Waals surface area contributed by atoms with E-state index < -0.39 is 5.54 Å². The van der Waals surface area contributed by atoms with Crippen molar-refractivity contribution in [2.45, 2.75) is 57.4 Å². The number of carbonyl (C=O) groups excluding carboxylic acids is 1. The van der Waals surface area contributed by atoms with Crippen molar-refractivity contribution in [3.8, 4) is 0 Å². The van der Waals surface area contributed by atoms with Crippen molar-refractivity contribution >= 4 is 34.8 Å². The fourth-order valence-corrected chi connectivity index (χ4v) is 3.85. The van der Waals surface area contributed by atoms with Gasteiger partial charge in [0.15, 0.2) is 5.13 Å². The summed E-state index contributed by atoms with van der Waals surface area (Å²) in [4.78, 5) is 17.8. The SMILES string of the molecule is CCCC1CCc2nc(NC(=O)C3(N)CC3)sc2C1.Cl. The number of fused-ring (bicyclic) bond motifs is 1. The lowest BCUT2D eigenvalue weighted by Crippen LogP contribution is -2.37. The third kappa shape index (κ3) is 3.15. The molecule has 3 N–H and O–H groups in total. The molecule has 0 aromatic carbocycles. The quantitative estimate of drug-likeness (QED) is 0.897. The highest BCUT2D eigenvalue weighted by Gasteiger charge is 2.46. The van der Waals surface area contributed by atoms with Gasteiger partial charge < -0.3 is 11.1 Å². The van der Waals surface area contributed by atoms with E-state index in [0.29, 0.717) is 0 Å². The number of rotatable bonds is 4. The van der Waals surface area contributed by atoms with Crippen LogP contribution < -0.4 is 11.1 Å². The van der Waals surface area contributed by atoms with Gasteiger partial charge >= 0.3 is 0 Å². The normalized spacial score (nSPS) is 22.6. The highest BCUT2D eigenvalue weighted by atomic mass is 35.5. The van der Waals surface area contributed by atoms with Crippen molar-refractivity contribution in [1.29, 1.82) is 0 Å². The van der Waals surface area contributed by atoms with Crippen molar-refractivity contribution in [1.82, 2.24) is 4.98 Å². The number of nitrogens with zero attached hydrogens (tertiary/aromatic N) is 1. The molecule has 20 heavy (non-hydrogen) atoms. The molecule has 1 aromatic rings. The second kappa shape index (κ2) is 6.00. The Morgan fingerprint density at radius 2 is 2.30 bits per heavy atom. The molecule has 0 radical (unpaired) electrons. The number of amides is 1. The van der Waals surface area contributed by atoms with E-state index in [-0.39, 0.29) is 18.3 Å². The molecule has 1 amide bonds. The maximum absolute atomic E-state index is 11.9. The Balaban J connectivity index is 0.00000147. The second-order valence-corrected chi connectivity index (χ2v) is 6.98. The maximum atomic E-state index is 11.9. The smallest absolute Gasteiger partial charge is 0.246 e. The zero-order valence-electron chi connectivity index (χ0n) is 11.8.